The van der Waals surface area contributed by atoms with Gasteiger partial charge in [-0.3, -0.25) is 4.79 Å². The molecule has 0 bridgehead atoms. The van der Waals surface area contributed by atoms with Crippen LogP contribution < -0.4 is 4.74 Å². The monoisotopic (exact) mass is 250 g/mol. The average Bonchev–Trinajstić information content (AvgIpc) is 2.25. The van der Waals surface area contributed by atoms with Crippen LogP contribution in [-0.4, -0.2) is 17.7 Å². The summed E-state index contributed by atoms with van der Waals surface area (Å²) in [5.74, 6) is -0.147. The van der Waals surface area contributed by atoms with E-state index in [0.717, 1.165) is 0 Å². The van der Waals surface area contributed by atoms with Crippen LogP contribution in [0.4, 0.5) is 0 Å². The fourth-order valence-corrected chi connectivity index (χ4v) is 1.38. The molecule has 1 aromatic rings. The van der Waals surface area contributed by atoms with Gasteiger partial charge < -0.3 is 9.84 Å². The van der Waals surface area contributed by atoms with Crippen molar-refractivity contribution in [2.24, 2.45) is 5.41 Å². The van der Waals surface area contributed by atoms with Gasteiger partial charge in [0.2, 0.25) is 0 Å². The van der Waals surface area contributed by atoms with E-state index in [1.807, 2.05) is 24.3 Å². The van der Waals surface area contributed by atoms with Crippen molar-refractivity contribution in [3.05, 3.63) is 29.8 Å². The summed E-state index contributed by atoms with van der Waals surface area (Å²) in [6.07, 6.45) is 0. The van der Waals surface area contributed by atoms with Gasteiger partial charge in [-0.05, 0) is 37.0 Å². The summed E-state index contributed by atoms with van der Waals surface area (Å²) in [7, 11) is 0. The molecule has 3 nitrogen and oxygen atoms in total. The van der Waals surface area contributed by atoms with Crippen LogP contribution in [-0.2, 0) is 10.2 Å². The zero-order chi connectivity index (χ0) is 14.0. The summed E-state index contributed by atoms with van der Waals surface area (Å²) in [6, 6.07) is 7.81. The Morgan fingerprint density at radius 3 is 2.00 bits per heavy atom. The summed E-state index contributed by atoms with van der Waals surface area (Å²) in [5.41, 5.74) is 0.467. The number of ether oxygens (including phenoxy) is 1. The fraction of sp³-hybridized carbons (Fsp3) is 0.533. The maximum Gasteiger partial charge on any atom is 0.312 e. The SMILES string of the molecule is CC(C)(COc1ccc(C(C)(C)C)cc1)C(=O)O. The highest BCUT2D eigenvalue weighted by Crippen LogP contribution is 2.25. The Labute approximate surface area is 109 Å². The Hall–Kier alpha value is -1.51. The Bertz CT molecular complexity index is 410. The maximum absolute atomic E-state index is 10.9. The second-order valence-electron chi connectivity index (χ2n) is 6.25. The molecule has 18 heavy (non-hydrogen) atoms. The maximum atomic E-state index is 10.9. The molecular weight excluding hydrogens is 228 g/mol. The van der Waals surface area contributed by atoms with Crippen LogP contribution in [0.15, 0.2) is 24.3 Å². The van der Waals surface area contributed by atoms with Gasteiger partial charge in [-0.2, -0.15) is 0 Å². The molecule has 0 fully saturated rings. The molecule has 0 atom stereocenters. The molecule has 0 spiro atoms. The topological polar surface area (TPSA) is 46.5 Å². The number of benzene rings is 1. The molecule has 0 aliphatic heterocycles. The lowest BCUT2D eigenvalue weighted by Crippen LogP contribution is -2.30. The van der Waals surface area contributed by atoms with Gasteiger partial charge in [0.25, 0.3) is 0 Å². The Kier molecular flexibility index (Phi) is 4.05. The third-order valence-corrected chi connectivity index (χ3v) is 2.90. The van der Waals surface area contributed by atoms with E-state index in [0.29, 0.717) is 5.75 Å². The molecule has 0 saturated heterocycles. The Balaban J connectivity index is 2.68. The van der Waals surface area contributed by atoms with Crippen LogP contribution in [0.5, 0.6) is 5.75 Å². The molecular formula is C15H22O3. The second-order valence-corrected chi connectivity index (χ2v) is 6.25. The van der Waals surface area contributed by atoms with Gasteiger partial charge in [0.15, 0.2) is 0 Å². The van der Waals surface area contributed by atoms with Crippen LogP contribution >= 0.6 is 0 Å². The van der Waals surface area contributed by atoms with Crippen LogP contribution in [0.25, 0.3) is 0 Å². The molecule has 0 saturated carbocycles. The summed E-state index contributed by atoms with van der Waals surface area (Å²) in [6.45, 7) is 9.91. The molecule has 0 aliphatic rings. The first-order valence-electron chi connectivity index (χ1n) is 6.10. The van der Waals surface area contributed by atoms with E-state index < -0.39 is 11.4 Å². The van der Waals surface area contributed by atoms with Crippen molar-refractivity contribution in [2.75, 3.05) is 6.61 Å². The van der Waals surface area contributed by atoms with Crippen molar-refractivity contribution < 1.29 is 14.6 Å². The average molecular weight is 250 g/mol. The van der Waals surface area contributed by atoms with E-state index in [1.165, 1.54) is 5.56 Å². The number of hydrogen-bond donors (Lipinski definition) is 1. The number of carbonyl (C=O) groups is 1. The minimum Gasteiger partial charge on any atom is -0.492 e. The first kappa shape index (κ1) is 14.6. The van der Waals surface area contributed by atoms with Crippen molar-refractivity contribution in [1.82, 2.24) is 0 Å². The smallest absolute Gasteiger partial charge is 0.312 e. The summed E-state index contributed by atoms with van der Waals surface area (Å²) in [4.78, 5) is 10.9. The van der Waals surface area contributed by atoms with E-state index in [-0.39, 0.29) is 12.0 Å². The van der Waals surface area contributed by atoms with Crippen molar-refractivity contribution in [1.29, 1.82) is 0 Å². The van der Waals surface area contributed by atoms with E-state index in [2.05, 4.69) is 20.8 Å². The van der Waals surface area contributed by atoms with E-state index >= 15 is 0 Å². The molecule has 0 radical (unpaired) electrons. The molecule has 0 aliphatic carbocycles. The van der Waals surface area contributed by atoms with E-state index in [9.17, 15) is 4.79 Å². The molecule has 3 heteroatoms. The van der Waals surface area contributed by atoms with Crippen molar-refractivity contribution >= 4 is 5.97 Å². The number of hydrogen-bond acceptors (Lipinski definition) is 2. The Morgan fingerprint density at radius 1 is 1.11 bits per heavy atom. The van der Waals surface area contributed by atoms with E-state index in [4.69, 9.17) is 9.84 Å². The summed E-state index contributed by atoms with van der Waals surface area (Å²) in [5, 5.41) is 8.99. The standard InChI is InChI=1S/C15H22O3/c1-14(2,3)11-6-8-12(9-7-11)18-10-15(4,5)13(16)17/h6-9H,10H2,1-5H3,(H,16,17). The molecule has 100 valence electrons. The number of rotatable bonds is 4. The highest BCUT2D eigenvalue weighted by atomic mass is 16.5. The third kappa shape index (κ3) is 3.76. The van der Waals surface area contributed by atoms with Gasteiger partial charge in [-0.25, -0.2) is 0 Å². The quantitative estimate of drug-likeness (QED) is 0.890. The highest BCUT2D eigenvalue weighted by Gasteiger charge is 2.28. The largest absolute Gasteiger partial charge is 0.492 e. The van der Waals surface area contributed by atoms with E-state index in [1.54, 1.807) is 13.8 Å². The molecule has 1 N–H and O–H groups in total. The first-order chi connectivity index (χ1) is 8.13. The van der Waals surface area contributed by atoms with Gasteiger partial charge in [-0.1, -0.05) is 32.9 Å². The summed E-state index contributed by atoms with van der Waals surface area (Å²) >= 11 is 0. The lowest BCUT2D eigenvalue weighted by molar-refractivity contribution is -0.148. The number of carboxylic acids is 1. The molecule has 0 unspecified atom stereocenters. The van der Waals surface area contributed by atoms with Gasteiger partial charge in [-0.15, -0.1) is 0 Å². The van der Waals surface area contributed by atoms with Crippen LogP contribution in [0.1, 0.15) is 40.2 Å². The predicted molar refractivity (Wildman–Crippen MR) is 72.1 cm³/mol. The Morgan fingerprint density at radius 2 is 1.61 bits per heavy atom. The first-order valence-corrected chi connectivity index (χ1v) is 6.10. The van der Waals surface area contributed by atoms with Crippen LogP contribution in [0.3, 0.4) is 0 Å². The third-order valence-electron chi connectivity index (χ3n) is 2.90. The van der Waals surface area contributed by atoms with Crippen LogP contribution in [0.2, 0.25) is 0 Å². The highest BCUT2D eigenvalue weighted by molar-refractivity contribution is 5.73. The molecule has 1 aromatic carbocycles. The molecule has 1 rings (SSSR count). The minimum atomic E-state index is -0.872. The van der Waals surface area contributed by atoms with Gasteiger partial charge in [0.05, 0.1) is 5.41 Å². The van der Waals surface area contributed by atoms with Crippen LogP contribution in [0, 0.1) is 5.41 Å². The number of aliphatic carboxylic acids is 1. The van der Waals surface area contributed by atoms with Crippen molar-refractivity contribution in [3.8, 4) is 5.75 Å². The lowest BCUT2D eigenvalue weighted by atomic mass is 9.87. The fourth-order valence-electron chi connectivity index (χ4n) is 1.38. The molecule has 0 heterocycles. The minimum absolute atomic E-state index is 0.110. The van der Waals surface area contributed by atoms with Crippen molar-refractivity contribution in [2.45, 2.75) is 40.0 Å². The van der Waals surface area contributed by atoms with Gasteiger partial charge >= 0.3 is 5.97 Å². The zero-order valence-corrected chi connectivity index (χ0v) is 11.8. The molecule has 0 amide bonds. The summed E-state index contributed by atoms with van der Waals surface area (Å²) < 4.78 is 5.52. The molecule has 0 aromatic heterocycles. The lowest BCUT2D eigenvalue weighted by Gasteiger charge is -2.21. The predicted octanol–water partition coefficient (Wildman–Crippen LogP) is 3.47. The van der Waals surface area contributed by atoms with Gasteiger partial charge in [0.1, 0.15) is 12.4 Å². The van der Waals surface area contributed by atoms with Crippen molar-refractivity contribution in [3.63, 3.8) is 0 Å². The zero-order valence-electron chi connectivity index (χ0n) is 11.8. The number of carboxylic acid groups (broad SMARTS) is 1. The second kappa shape index (κ2) is 5.01. The van der Waals surface area contributed by atoms with Gasteiger partial charge in [0, 0.05) is 0 Å². The normalized spacial score (nSPS) is 12.3.